The molecule has 60 heavy (non-hydrogen) atoms. The second-order valence-electron chi connectivity index (χ2n) is 12.3. The summed E-state index contributed by atoms with van der Waals surface area (Å²) in [5.41, 5.74) is 0. The molecular formula is C50H46O10. The number of aliphatic hydroxyl groups is 6. The van der Waals surface area contributed by atoms with Crippen LogP contribution in [0.2, 0.25) is 0 Å². The number of rotatable bonds is 17. The smallest absolute Gasteiger partial charge is 0.385 e. The number of hydrogen-bond donors (Lipinski definition) is 6. The quantitative estimate of drug-likeness (QED) is 0.0537. The van der Waals surface area contributed by atoms with E-state index in [0.29, 0.717) is 6.42 Å². The highest BCUT2D eigenvalue weighted by Crippen LogP contribution is 2.23. The predicted octanol–water partition coefficient (Wildman–Crippen LogP) is 0.812. The highest BCUT2D eigenvalue weighted by Gasteiger charge is 2.44. The van der Waals surface area contributed by atoms with Crippen LogP contribution >= 0.6 is 0 Å². The van der Waals surface area contributed by atoms with Crippen LogP contribution < -0.4 is 0 Å². The highest BCUT2D eigenvalue weighted by molar-refractivity contribution is 5.89. The van der Waals surface area contributed by atoms with Gasteiger partial charge in [-0.15, -0.1) is 11.8 Å². The van der Waals surface area contributed by atoms with Crippen LogP contribution in [-0.2, 0) is 19.0 Å². The minimum Gasteiger partial charge on any atom is -0.447 e. The molecule has 8 atom stereocenters. The lowest BCUT2D eigenvalue weighted by molar-refractivity contribution is -0.306. The first-order chi connectivity index (χ1) is 29.3. The van der Waals surface area contributed by atoms with E-state index in [-0.39, 0.29) is 6.42 Å². The Labute approximate surface area is 355 Å². The first-order valence-electron chi connectivity index (χ1n) is 19.1. The monoisotopic (exact) mass is 806 g/mol. The molecule has 0 saturated carbocycles. The van der Waals surface area contributed by atoms with Crippen molar-refractivity contribution in [2.45, 2.75) is 133 Å². The topological polar surface area (TPSA) is 166 Å². The van der Waals surface area contributed by atoms with Crippen LogP contribution in [0.1, 0.15) is 84.5 Å². The minimum absolute atomic E-state index is 0.183. The molecule has 6 unspecified atom stereocenters. The molecule has 0 radical (unpaired) electrons. The van der Waals surface area contributed by atoms with E-state index in [9.17, 15) is 35.4 Å². The third-order valence-electron chi connectivity index (χ3n) is 7.74. The molecular weight excluding hydrogens is 761 g/mol. The first kappa shape index (κ1) is 51.4. The van der Waals surface area contributed by atoms with Crippen LogP contribution in [0, 0.1) is 154 Å². The number of aliphatic hydroxyl groups excluding tert-OH is 6. The van der Waals surface area contributed by atoms with Crippen molar-refractivity contribution >= 4 is 5.97 Å². The van der Waals surface area contributed by atoms with Gasteiger partial charge < -0.3 is 44.8 Å². The van der Waals surface area contributed by atoms with Gasteiger partial charge in [-0.05, 0) is 121 Å². The summed E-state index contributed by atoms with van der Waals surface area (Å²) in [5.74, 6) is 64.1. The van der Waals surface area contributed by atoms with E-state index in [1.807, 2.05) is 0 Å². The molecule has 0 amide bonds. The zero-order chi connectivity index (χ0) is 43.9. The zero-order valence-corrected chi connectivity index (χ0v) is 33.6. The molecule has 0 aromatic heterocycles. The number of carbonyl (C=O) groups is 1. The highest BCUT2D eigenvalue weighted by atomic mass is 16.7. The Morgan fingerprint density at radius 3 is 1.52 bits per heavy atom. The Morgan fingerprint density at radius 1 is 0.600 bits per heavy atom. The largest absolute Gasteiger partial charge is 0.447 e. The van der Waals surface area contributed by atoms with Gasteiger partial charge in [-0.25, -0.2) is 4.79 Å². The van der Waals surface area contributed by atoms with E-state index < -0.39 is 68.2 Å². The van der Waals surface area contributed by atoms with Gasteiger partial charge in [0.1, 0.15) is 30.5 Å². The number of esters is 1. The SMILES string of the molecule is CC#CC#CC#CC#CC#CC#CC#CC#CC#CC#CC#CC#CC(=O)O[C@@H](COC1OC(CO)C(O)C(O)C1O)[C@H](O)C(O)CCCCCCC#CCCCCCC. The van der Waals surface area contributed by atoms with Crippen molar-refractivity contribution < 1.29 is 49.6 Å². The maximum Gasteiger partial charge on any atom is 0.385 e. The predicted molar refractivity (Wildman–Crippen MR) is 225 cm³/mol. The van der Waals surface area contributed by atoms with Crippen LogP contribution in [-0.4, -0.2) is 98.8 Å². The molecule has 1 heterocycles. The van der Waals surface area contributed by atoms with Gasteiger partial charge in [-0.2, -0.15) is 0 Å². The standard InChI is InChI=1S/C50H46O10/c1-3-5-7-9-11-13-15-17-18-19-20-21-22-23-24-25-26-27-29-31-33-35-37-39-45(53)59-44(41-58-50-49(57)48(56)47(55)43(40-51)60-50)46(54)42(52)38-36-34-32-30-28-16-14-12-10-8-6-4-2/h42-44,46-52,54-57H,4,6,8,10,12,28,30,32,34,36,38,40-41H2,1-2H3/t42?,43?,44-,46+,47?,48?,49?,50?/m0/s1. The Hall–Kier alpha value is -6.57. The summed E-state index contributed by atoms with van der Waals surface area (Å²) in [6.45, 7) is 2.54. The maximum atomic E-state index is 12.6. The van der Waals surface area contributed by atoms with Gasteiger partial charge in [0.15, 0.2) is 12.4 Å². The van der Waals surface area contributed by atoms with E-state index in [2.05, 4.69) is 161 Å². The van der Waals surface area contributed by atoms with Crippen molar-refractivity contribution in [2.75, 3.05) is 13.2 Å². The average molecular weight is 807 g/mol. The second-order valence-corrected chi connectivity index (χ2v) is 12.3. The fraction of sp³-hybridized carbons (Fsp3) is 0.460. The fourth-order valence-electron chi connectivity index (χ4n) is 4.69. The van der Waals surface area contributed by atoms with Crippen molar-refractivity contribution in [1.29, 1.82) is 0 Å². The Kier molecular flexibility index (Phi) is 30.5. The number of unbranched alkanes of at least 4 members (excludes halogenated alkanes) is 8. The van der Waals surface area contributed by atoms with E-state index in [0.717, 1.165) is 38.5 Å². The molecule has 1 rings (SSSR count). The third-order valence-corrected chi connectivity index (χ3v) is 7.74. The summed E-state index contributed by atoms with van der Waals surface area (Å²) >= 11 is 0. The molecule has 0 spiro atoms. The zero-order valence-electron chi connectivity index (χ0n) is 33.6. The lowest BCUT2D eigenvalue weighted by Crippen LogP contribution is -2.59. The van der Waals surface area contributed by atoms with Gasteiger partial charge in [-0.1, -0.05) is 51.4 Å². The fourth-order valence-corrected chi connectivity index (χ4v) is 4.69. The number of carbonyl (C=O) groups excluding carboxylic acids is 1. The summed E-state index contributed by atoms with van der Waals surface area (Å²) in [4.78, 5) is 12.6. The molecule has 306 valence electrons. The normalized spacial score (nSPS) is 17.5. The van der Waals surface area contributed by atoms with Crippen LogP contribution in [0.25, 0.3) is 0 Å². The lowest BCUT2D eigenvalue weighted by atomic mass is 9.99. The molecule has 0 aromatic rings. The van der Waals surface area contributed by atoms with Crippen molar-refractivity contribution in [3.63, 3.8) is 0 Å². The molecule has 0 aromatic carbocycles. The summed E-state index contributed by atoms with van der Waals surface area (Å²) in [6, 6.07) is 0. The summed E-state index contributed by atoms with van der Waals surface area (Å²) in [7, 11) is 0. The first-order valence-corrected chi connectivity index (χ1v) is 19.1. The Balaban J connectivity index is 2.76. The van der Waals surface area contributed by atoms with Gasteiger partial charge in [0, 0.05) is 54.3 Å². The Morgan fingerprint density at radius 2 is 1.05 bits per heavy atom. The van der Waals surface area contributed by atoms with E-state index in [4.69, 9.17) is 14.2 Å². The van der Waals surface area contributed by atoms with Crippen LogP contribution in [0.5, 0.6) is 0 Å². The van der Waals surface area contributed by atoms with Gasteiger partial charge >= 0.3 is 5.97 Å². The van der Waals surface area contributed by atoms with Crippen molar-refractivity contribution in [3.05, 3.63) is 0 Å². The van der Waals surface area contributed by atoms with Crippen LogP contribution in [0.3, 0.4) is 0 Å². The van der Waals surface area contributed by atoms with Crippen molar-refractivity contribution in [2.24, 2.45) is 0 Å². The molecule has 1 fully saturated rings. The average Bonchev–Trinajstić information content (AvgIpc) is 3.25. The molecule has 1 saturated heterocycles. The maximum absolute atomic E-state index is 12.6. The van der Waals surface area contributed by atoms with E-state index >= 15 is 0 Å². The van der Waals surface area contributed by atoms with Gasteiger partial charge in [-0.3, -0.25) is 0 Å². The molecule has 0 aliphatic carbocycles. The summed E-state index contributed by atoms with van der Waals surface area (Å²) < 4.78 is 16.1. The second kappa shape index (κ2) is 35.6. The molecule has 0 bridgehead atoms. The van der Waals surface area contributed by atoms with Gasteiger partial charge in [0.25, 0.3) is 0 Å². The van der Waals surface area contributed by atoms with Crippen molar-refractivity contribution in [3.8, 4) is 154 Å². The summed E-state index contributed by atoms with van der Waals surface area (Å²) in [6.07, 6.45) is -2.58. The number of hydrogen-bond acceptors (Lipinski definition) is 10. The number of ether oxygens (including phenoxy) is 3. The minimum atomic E-state index is -1.74. The molecule has 10 nitrogen and oxygen atoms in total. The molecule has 1 aliphatic rings. The van der Waals surface area contributed by atoms with Gasteiger partial charge in [0.05, 0.1) is 19.3 Å². The molecule has 6 N–H and O–H groups in total. The lowest BCUT2D eigenvalue weighted by Gasteiger charge is -2.40. The van der Waals surface area contributed by atoms with Crippen LogP contribution in [0.4, 0.5) is 0 Å². The molecule has 1 aliphatic heterocycles. The van der Waals surface area contributed by atoms with Crippen molar-refractivity contribution in [1.82, 2.24) is 0 Å². The Bertz CT molecular complexity index is 2240. The van der Waals surface area contributed by atoms with Gasteiger partial charge in [0.2, 0.25) is 0 Å². The van der Waals surface area contributed by atoms with E-state index in [1.54, 1.807) is 6.92 Å². The summed E-state index contributed by atoms with van der Waals surface area (Å²) in [5, 5.41) is 61.6. The van der Waals surface area contributed by atoms with E-state index in [1.165, 1.54) is 19.3 Å². The van der Waals surface area contributed by atoms with Crippen LogP contribution in [0.15, 0.2) is 0 Å². The third kappa shape index (κ3) is 25.6. The molecule has 10 heteroatoms.